The highest BCUT2D eigenvalue weighted by molar-refractivity contribution is 5.53. The van der Waals surface area contributed by atoms with Gasteiger partial charge in [-0.25, -0.2) is 0 Å². The SMILES string of the molecule is CCc1cc(N2CCNCC2)ccc1OC(F)(F)F. The van der Waals surface area contributed by atoms with Gasteiger partial charge in [0.05, 0.1) is 0 Å². The van der Waals surface area contributed by atoms with Gasteiger partial charge in [-0.3, -0.25) is 0 Å². The molecule has 19 heavy (non-hydrogen) atoms. The van der Waals surface area contributed by atoms with E-state index in [9.17, 15) is 13.2 Å². The molecule has 1 aliphatic rings. The Hall–Kier alpha value is -1.43. The fraction of sp³-hybridized carbons (Fsp3) is 0.538. The number of alkyl halides is 3. The van der Waals surface area contributed by atoms with Crippen molar-refractivity contribution < 1.29 is 17.9 Å². The number of rotatable bonds is 3. The van der Waals surface area contributed by atoms with Crippen molar-refractivity contribution in [1.29, 1.82) is 0 Å². The minimum absolute atomic E-state index is 0.103. The largest absolute Gasteiger partial charge is 0.573 e. The van der Waals surface area contributed by atoms with Gasteiger partial charge in [0.2, 0.25) is 0 Å². The highest BCUT2D eigenvalue weighted by Crippen LogP contribution is 2.30. The zero-order valence-corrected chi connectivity index (χ0v) is 10.8. The van der Waals surface area contributed by atoms with Crippen LogP contribution in [0.3, 0.4) is 0 Å². The van der Waals surface area contributed by atoms with Gasteiger partial charge in [-0.15, -0.1) is 13.2 Å². The van der Waals surface area contributed by atoms with Gasteiger partial charge in [-0.1, -0.05) is 6.92 Å². The zero-order chi connectivity index (χ0) is 13.9. The third kappa shape index (κ3) is 3.76. The Labute approximate surface area is 110 Å². The quantitative estimate of drug-likeness (QED) is 0.916. The molecule has 0 aromatic heterocycles. The second kappa shape index (κ2) is 5.69. The van der Waals surface area contributed by atoms with Crippen LogP contribution in [0.25, 0.3) is 0 Å². The summed E-state index contributed by atoms with van der Waals surface area (Å²) in [5, 5.41) is 3.24. The van der Waals surface area contributed by atoms with E-state index >= 15 is 0 Å². The van der Waals surface area contributed by atoms with Crippen molar-refractivity contribution in [2.75, 3.05) is 31.1 Å². The number of anilines is 1. The molecule has 1 aromatic carbocycles. The van der Waals surface area contributed by atoms with Gasteiger partial charge >= 0.3 is 6.36 Å². The van der Waals surface area contributed by atoms with Gasteiger partial charge in [0, 0.05) is 31.9 Å². The molecule has 0 spiro atoms. The third-order valence-corrected chi connectivity index (χ3v) is 3.13. The summed E-state index contributed by atoms with van der Waals surface area (Å²) >= 11 is 0. The lowest BCUT2D eigenvalue weighted by atomic mass is 10.1. The maximum atomic E-state index is 12.3. The molecule has 3 nitrogen and oxygen atoms in total. The number of ether oxygens (including phenoxy) is 1. The average Bonchev–Trinajstić information content (AvgIpc) is 2.38. The minimum Gasteiger partial charge on any atom is -0.406 e. The first-order valence-corrected chi connectivity index (χ1v) is 6.34. The van der Waals surface area contributed by atoms with E-state index in [1.807, 2.05) is 6.92 Å². The first-order chi connectivity index (χ1) is 8.99. The topological polar surface area (TPSA) is 24.5 Å². The van der Waals surface area contributed by atoms with Crippen LogP contribution in [-0.4, -0.2) is 32.5 Å². The van der Waals surface area contributed by atoms with Crippen LogP contribution in [0.15, 0.2) is 18.2 Å². The highest BCUT2D eigenvalue weighted by Gasteiger charge is 2.32. The lowest BCUT2D eigenvalue weighted by molar-refractivity contribution is -0.274. The van der Waals surface area contributed by atoms with E-state index in [2.05, 4.69) is 15.0 Å². The van der Waals surface area contributed by atoms with E-state index in [1.54, 1.807) is 12.1 Å². The van der Waals surface area contributed by atoms with Gasteiger partial charge < -0.3 is 15.0 Å². The number of benzene rings is 1. The van der Waals surface area contributed by atoms with E-state index in [-0.39, 0.29) is 5.75 Å². The Morgan fingerprint density at radius 2 is 1.95 bits per heavy atom. The predicted octanol–water partition coefficient (Wildman–Crippen LogP) is 2.56. The fourth-order valence-electron chi connectivity index (χ4n) is 2.19. The van der Waals surface area contributed by atoms with Crippen molar-refractivity contribution in [1.82, 2.24) is 5.32 Å². The monoisotopic (exact) mass is 274 g/mol. The second-order valence-electron chi connectivity index (χ2n) is 4.43. The van der Waals surface area contributed by atoms with Gasteiger partial charge in [0.15, 0.2) is 0 Å². The molecule has 0 amide bonds. The van der Waals surface area contributed by atoms with Crippen molar-refractivity contribution >= 4 is 5.69 Å². The Bertz CT molecular complexity index is 428. The average molecular weight is 274 g/mol. The summed E-state index contributed by atoms with van der Waals surface area (Å²) in [6, 6.07) is 4.88. The summed E-state index contributed by atoms with van der Waals surface area (Å²) in [7, 11) is 0. The van der Waals surface area contributed by atoms with Crippen molar-refractivity contribution in [3.05, 3.63) is 23.8 Å². The van der Waals surface area contributed by atoms with Gasteiger partial charge in [-0.2, -0.15) is 0 Å². The lowest BCUT2D eigenvalue weighted by Gasteiger charge is -2.30. The summed E-state index contributed by atoms with van der Waals surface area (Å²) in [5.74, 6) is -0.103. The molecule has 0 bridgehead atoms. The summed E-state index contributed by atoms with van der Waals surface area (Å²) in [4.78, 5) is 2.16. The molecule has 2 rings (SSSR count). The third-order valence-electron chi connectivity index (χ3n) is 3.13. The maximum absolute atomic E-state index is 12.3. The van der Waals surface area contributed by atoms with Crippen molar-refractivity contribution in [2.24, 2.45) is 0 Å². The minimum atomic E-state index is -4.64. The number of hydrogen-bond acceptors (Lipinski definition) is 3. The van der Waals surface area contributed by atoms with Crippen molar-refractivity contribution in [2.45, 2.75) is 19.7 Å². The van der Waals surface area contributed by atoms with Crippen LogP contribution >= 0.6 is 0 Å². The van der Waals surface area contributed by atoms with Crippen LogP contribution in [0.2, 0.25) is 0 Å². The van der Waals surface area contributed by atoms with Crippen LogP contribution in [0.4, 0.5) is 18.9 Å². The first kappa shape index (κ1) is 14.0. The Kier molecular flexibility index (Phi) is 4.19. The summed E-state index contributed by atoms with van der Waals surface area (Å²) < 4.78 is 40.9. The number of nitrogens with one attached hydrogen (secondary N) is 1. The van der Waals surface area contributed by atoms with Crippen LogP contribution in [0, 0.1) is 0 Å². The molecule has 6 heteroatoms. The molecule has 1 N–H and O–H groups in total. The number of halogens is 3. The molecule has 0 unspecified atom stereocenters. The molecular weight excluding hydrogens is 257 g/mol. The molecule has 106 valence electrons. The lowest BCUT2D eigenvalue weighted by Crippen LogP contribution is -2.43. The van der Waals surface area contributed by atoms with E-state index in [0.717, 1.165) is 31.9 Å². The van der Waals surface area contributed by atoms with Crippen molar-refractivity contribution in [3.8, 4) is 5.75 Å². The van der Waals surface area contributed by atoms with Crippen molar-refractivity contribution in [3.63, 3.8) is 0 Å². The molecule has 0 aliphatic carbocycles. The van der Waals surface area contributed by atoms with Crippen LogP contribution in [0.5, 0.6) is 5.75 Å². The first-order valence-electron chi connectivity index (χ1n) is 6.34. The normalized spacial score (nSPS) is 16.5. The number of nitrogens with zero attached hydrogens (tertiary/aromatic N) is 1. The summed E-state index contributed by atoms with van der Waals surface area (Å²) in [6.45, 7) is 5.33. The molecule has 1 aromatic rings. The number of hydrogen-bond donors (Lipinski definition) is 1. The van der Waals surface area contributed by atoms with Gasteiger partial charge in [-0.05, 0) is 30.2 Å². The van der Waals surface area contributed by atoms with Gasteiger partial charge in [0.1, 0.15) is 5.75 Å². The Morgan fingerprint density at radius 3 is 2.53 bits per heavy atom. The molecule has 1 fully saturated rings. The Balaban J connectivity index is 2.20. The molecule has 1 heterocycles. The zero-order valence-electron chi connectivity index (χ0n) is 10.8. The van der Waals surface area contributed by atoms with E-state index in [4.69, 9.17) is 0 Å². The van der Waals surface area contributed by atoms with Crippen LogP contribution < -0.4 is 15.0 Å². The van der Waals surface area contributed by atoms with E-state index in [1.165, 1.54) is 6.07 Å². The molecule has 0 saturated carbocycles. The van der Waals surface area contributed by atoms with E-state index < -0.39 is 6.36 Å². The van der Waals surface area contributed by atoms with Crippen LogP contribution in [-0.2, 0) is 6.42 Å². The number of piperazine rings is 1. The van der Waals surface area contributed by atoms with E-state index in [0.29, 0.717) is 12.0 Å². The summed E-state index contributed by atoms with van der Waals surface area (Å²) in [5.41, 5.74) is 1.53. The molecule has 0 radical (unpaired) electrons. The smallest absolute Gasteiger partial charge is 0.406 e. The summed E-state index contributed by atoms with van der Waals surface area (Å²) in [6.07, 6.45) is -4.13. The van der Waals surface area contributed by atoms with Crippen LogP contribution in [0.1, 0.15) is 12.5 Å². The molecular formula is C13H17F3N2O. The fourth-order valence-corrected chi connectivity index (χ4v) is 2.19. The maximum Gasteiger partial charge on any atom is 0.573 e. The highest BCUT2D eigenvalue weighted by atomic mass is 19.4. The van der Waals surface area contributed by atoms with Gasteiger partial charge in [0.25, 0.3) is 0 Å². The predicted molar refractivity (Wildman–Crippen MR) is 67.6 cm³/mol. The number of aryl methyl sites for hydroxylation is 1. The second-order valence-corrected chi connectivity index (χ2v) is 4.43. The Morgan fingerprint density at radius 1 is 1.26 bits per heavy atom. The molecule has 1 aliphatic heterocycles. The molecule has 0 atom stereocenters. The standard InChI is InChI=1S/C13H17F3N2O/c1-2-10-9-11(18-7-5-17-6-8-18)3-4-12(10)19-13(14,15)16/h3-4,9,17H,2,5-8H2,1H3. The molecule has 1 saturated heterocycles.